The largest absolute Gasteiger partial charge is 0.392 e. The van der Waals surface area contributed by atoms with Gasteiger partial charge in [0.2, 0.25) is 10.0 Å². The molecular weight excluding hydrogens is 288 g/mol. The SMILES string of the molecule is CCN1CCCC1CN(C)S(=O)(=O)c1cccc(CO)c1. The first kappa shape index (κ1) is 16.4. The van der Waals surface area contributed by atoms with Gasteiger partial charge in [0, 0.05) is 19.6 Å². The zero-order valence-electron chi connectivity index (χ0n) is 12.7. The highest BCUT2D eigenvalue weighted by Gasteiger charge is 2.29. The molecule has 0 amide bonds. The molecule has 1 atom stereocenters. The molecule has 0 bridgehead atoms. The molecular formula is C15H24N2O3S. The van der Waals surface area contributed by atoms with Crippen LogP contribution in [0.4, 0.5) is 0 Å². The van der Waals surface area contributed by atoms with Crippen LogP contribution in [0.15, 0.2) is 29.2 Å². The highest BCUT2D eigenvalue weighted by molar-refractivity contribution is 7.89. The van der Waals surface area contributed by atoms with Crippen molar-refractivity contribution >= 4 is 10.0 Å². The van der Waals surface area contributed by atoms with Crippen molar-refractivity contribution in [2.45, 2.75) is 37.3 Å². The Bertz CT molecular complexity index is 574. The molecule has 0 spiro atoms. The van der Waals surface area contributed by atoms with Gasteiger partial charge in [-0.05, 0) is 43.6 Å². The van der Waals surface area contributed by atoms with Gasteiger partial charge in [0.05, 0.1) is 11.5 Å². The Balaban J connectivity index is 2.14. The molecule has 1 aliphatic rings. The fraction of sp³-hybridized carbons (Fsp3) is 0.600. The van der Waals surface area contributed by atoms with Crippen LogP contribution < -0.4 is 0 Å². The molecule has 1 aliphatic heterocycles. The Morgan fingerprint density at radius 3 is 2.86 bits per heavy atom. The van der Waals surface area contributed by atoms with Crippen molar-refractivity contribution in [3.63, 3.8) is 0 Å². The van der Waals surface area contributed by atoms with Crippen LogP contribution in [0.3, 0.4) is 0 Å². The van der Waals surface area contributed by atoms with E-state index in [1.165, 1.54) is 10.4 Å². The molecule has 1 saturated heterocycles. The van der Waals surface area contributed by atoms with E-state index in [0.29, 0.717) is 18.2 Å². The van der Waals surface area contributed by atoms with E-state index in [2.05, 4.69) is 11.8 Å². The number of likely N-dealkylation sites (N-methyl/N-ethyl adjacent to an activating group) is 2. The molecule has 1 heterocycles. The average Bonchev–Trinajstić information content (AvgIpc) is 2.94. The highest BCUT2D eigenvalue weighted by atomic mass is 32.2. The third-order valence-corrected chi connectivity index (χ3v) is 5.98. The van der Waals surface area contributed by atoms with Gasteiger partial charge in [-0.15, -0.1) is 0 Å². The molecule has 2 rings (SSSR count). The Morgan fingerprint density at radius 2 is 2.19 bits per heavy atom. The molecule has 0 radical (unpaired) electrons. The molecule has 1 N–H and O–H groups in total. The summed E-state index contributed by atoms with van der Waals surface area (Å²) in [6, 6.07) is 6.81. The Morgan fingerprint density at radius 1 is 1.43 bits per heavy atom. The number of rotatable bonds is 6. The number of hydrogen-bond donors (Lipinski definition) is 1. The van der Waals surface area contributed by atoms with Crippen LogP contribution in [0.5, 0.6) is 0 Å². The predicted octanol–water partition coefficient (Wildman–Crippen LogP) is 1.28. The maximum atomic E-state index is 12.6. The number of hydrogen-bond acceptors (Lipinski definition) is 4. The molecule has 0 aliphatic carbocycles. The minimum atomic E-state index is -3.50. The lowest BCUT2D eigenvalue weighted by Gasteiger charge is -2.27. The Labute approximate surface area is 127 Å². The first-order valence-electron chi connectivity index (χ1n) is 7.39. The van der Waals surface area contributed by atoms with Gasteiger partial charge in [-0.2, -0.15) is 4.31 Å². The fourth-order valence-electron chi connectivity index (χ4n) is 2.90. The lowest BCUT2D eigenvalue weighted by molar-refractivity contribution is 0.237. The van der Waals surface area contributed by atoms with Crippen LogP contribution in [-0.2, 0) is 16.6 Å². The summed E-state index contributed by atoms with van der Waals surface area (Å²) in [5, 5.41) is 9.15. The van der Waals surface area contributed by atoms with Gasteiger partial charge in [-0.3, -0.25) is 4.90 Å². The normalized spacial score (nSPS) is 20.3. The van der Waals surface area contributed by atoms with E-state index in [-0.39, 0.29) is 11.5 Å². The van der Waals surface area contributed by atoms with E-state index in [1.54, 1.807) is 25.2 Å². The molecule has 5 nitrogen and oxygen atoms in total. The summed E-state index contributed by atoms with van der Waals surface area (Å²) < 4.78 is 26.7. The van der Waals surface area contributed by atoms with Crippen LogP contribution in [-0.4, -0.2) is 55.5 Å². The number of nitrogens with zero attached hydrogens (tertiary/aromatic N) is 2. The van der Waals surface area contributed by atoms with Crippen molar-refractivity contribution < 1.29 is 13.5 Å². The van der Waals surface area contributed by atoms with Crippen LogP contribution in [0, 0.1) is 0 Å². The average molecular weight is 312 g/mol. The van der Waals surface area contributed by atoms with Crippen molar-refractivity contribution in [2.24, 2.45) is 0 Å². The van der Waals surface area contributed by atoms with Crippen molar-refractivity contribution in [1.82, 2.24) is 9.21 Å². The minimum Gasteiger partial charge on any atom is -0.392 e. The topological polar surface area (TPSA) is 60.9 Å². The standard InChI is InChI=1S/C15H24N2O3S/c1-3-17-9-5-7-14(17)11-16(2)21(19,20)15-8-4-6-13(10-15)12-18/h4,6,8,10,14,18H,3,5,7,9,11-12H2,1-2H3. The third kappa shape index (κ3) is 3.63. The van der Waals surface area contributed by atoms with Gasteiger partial charge in [0.15, 0.2) is 0 Å². The fourth-order valence-corrected chi connectivity index (χ4v) is 4.18. The van der Waals surface area contributed by atoms with Crippen molar-refractivity contribution in [3.8, 4) is 0 Å². The molecule has 1 aromatic rings. The minimum absolute atomic E-state index is 0.153. The van der Waals surface area contributed by atoms with Gasteiger partial charge in [-0.1, -0.05) is 19.1 Å². The number of benzene rings is 1. The third-order valence-electron chi connectivity index (χ3n) is 4.16. The maximum absolute atomic E-state index is 12.6. The summed E-state index contributed by atoms with van der Waals surface area (Å²) in [5.74, 6) is 0. The smallest absolute Gasteiger partial charge is 0.242 e. The van der Waals surface area contributed by atoms with Gasteiger partial charge < -0.3 is 5.11 Å². The van der Waals surface area contributed by atoms with Gasteiger partial charge in [0.1, 0.15) is 0 Å². The zero-order valence-corrected chi connectivity index (χ0v) is 13.5. The number of aliphatic hydroxyl groups excluding tert-OH is 1. The van der Waals surface area contributed by atoms with Gasteiger partial charge in [0.25, 0.3) is 0 Å². The molecule has 6 heteroatoms. The zero-order chi connectivity index (χ0) is 15.5. The van der Waals surface area contributed by atoms with Gasteiger partial charge in [-0.25, -0.2) is 8.42 Å². The van der Waals surface area contributed by atoms with Crippen LogP contribution in [0.2, 0.25) is 0 Å². The van der Waals surface area contributed by atoms with Crippen LogP contribution >= 0.6 is 0 Å². The number of sulfonamides is 1. The second kappa shape index (κ2) is 6.87. The highest BCUT2D eigenvalue weighted by Crippen LogP contribution is 2.21. The van der Waals surface area contributed by atoms with E-state index in [9.17, 15) is 8.42 Å². The predicted molar refractivity (Wildman–Crippen MR) is 82.4 cm³/mol. The van der Waals surface area contributed by atoms with E-state index in [4.69, 9.17) is 5.11 Å². The second-order valence-electron chi connectivity index (χ2n) is 5.52. The van der Waals surface area contributed by atoms with Crippen LogP contribution in [0.1, 0.15) is 25.3 Å². The quantitative estimate of drug-likeness (QED) is 0.860. The summed E-state index contributed by atoms with van der Waals surface area (Å²) in [6.45, 7) is 4.48. The maximum Gasteiger partial charge on any atom is 0.242 e. The molecule has 0 aromatic heterocycles. The Kier molecular flexibility index (Phi) is 5.37. The summed E-state index contributed by atoms with van der Waals surface area (Å²) >= 11 is 0. The number of aliphatic hydroxyl groups is 1. The van der Waals surface area contributed by atoms with Crippen molar-refractivity contribution in [2.75, 3.05) is 26.7 Å². The summed E-state index contributed by atoms with van der Waals surface area (Å²) in [4.78, 5) is 2.58. The molecule has 21 heavy (non-hydrogen) atoms. The summed E-state index contributed by atoms with van der Waals surface area (Å²) in [5.41, 5.74) is 0.612. The molecule has 1 aromatic carbocycles. The first-order valence-corrected chi connectivity index (χ1v) is 8.83. The van der Waals surface area contributed by atoms with E-state index >= 15 is 0 Å². The molecule has 118 valence electrons. The van der Waals surface area contributed by atoms with E-state index in [0.717, 1.165) is 25.9 Å². The van der Waals surface area contributed by atoms with Gasteiger partial charge >= 0.3 is 0 Å². The van der Waals surface area contributed by atoms with Crippen molar-refractivity contribution in [3.05, 3.63) is 29.8 Å². The van der Waals surface area contributed by atoms with Crippen LogP contribution in [0.25, 0.3) is 0 Å². The monoisotopic (exact) mass is 312 g/mol. The molecule has 1 unspecified atom stereocenters. The Hall–Kier alpha value is -0.950. The number of likely N-dealkylation sites (tertiary alicyclic amines) is 1. The van der Waals surface area contributed by atoms with E-state index < -0.39 is 10.0 Å². The first-order chi connectivity index (χ1) is 9.98. The summed E-state index contributed by atoms with van der Waals surface area (Å²) in [7, 11) is -1.86. The summed E-state index contributed by atoms with van der Waals surface area (Å²) in [6.07, 6.45) is 2.18. The lowest BCUT2D eigenvalue weighted by atomic mass is 10.2. The lowest BCUT2D eigenvalue weighted by Crippen LogP contribution is -2.41. The van der Waals surface area contributed by atoms with Crippen molar-refractivity contribution in [1.29, 1.82) is 0 Å². The second-order valence-corrected chi connectivity index (χ2v) is 7.56. The molecule has 0 saturated carbocycles. The van der Waals surface area contributed by atoms with E-state index in [1.807, 2.05) is 0 Å². The molecule has 1 fully saturated rings.